The minimum absolute atomic E-state index is 0.0858. The molecular formula is C13H16F3N. The van der Waals surface area contributed by atoms with E-state index in [-0.39, 0.29) is 11.5 Å². The van der Waals surface area contributed by atoms with E-state index in [2.05, 4.69) is 6.92 Å². The molecule has 1 nitrogen and oxygen atoms in total. The van der Waals surface area contributed by atoms with Crippen molar-refractivity contribution >= 4 is 0 Å². The van der Waals surface area contributed by atoms with E-state index in [4.69, 9.17) is 5.73 Å². The molecule has 0 amide bonds. The van der Waals surface area contributed by atoms with E-state index >= 15 is 0 Å². The predicted molar refractivity (Wildman–Crippen MR) is 59.7 cm³/mol. The highest BCUT2D eigenvalue weighted by Crippen LogP contribution is 2.39. The molecule has 2 N–H and O–H groups in total. The lowest BCUT2D eigenvalue weighted by Crippen LogP contribution is -2.24. The smallest absolute Gasteiger partial charge is 0.194 e. The second-order valence-electron chi connectivity index (χ2n) is 4.86. The SMILES string of the molecule is CC1CCCC1C(N)c1ccc(F)c(F)c1F. The zero-order valence-corrected chi connectivity index (χ0v) is 9.72. The number of halogens is 3. The minimum atomic E-state index is -1.43. The van der Waals surface area contributed by atoms with Gasteiger partial charge in [0.1, 0.15) is 0 Å². The fourth-order valence-corrected chi connectivity index (χ4v) is 2.74. The summed E-state index contributed by atoms with van der Waals surface area (Å²) >= 11 is 0. The monoisotopic (exact) mass is 243 g/mol. The summed E-state index contributed by atoms with van der Waals surface area (Å²) in [5.74, 6) is -3.19. The number of benzene rings is 1. The Kier molecular flexibility index (Phi) is 3.43. The van der Waals surface area contributed by atoms with Gasteiger partial charge in [0.05, 0.1) is 0 Å². The van der Waals surface area contributed by atoms with Crippen molar-refractivity contribution in [1.29, 1.82) is 0 Å². The molecule has 1 aromatic carbocycles. The van der Waals surface area contributed by atoms with Crippen LogP contribution >= 0.6 is 0 Å². The third-order valence-electron chi connectivity index (χ3n) is 3.81. The van der Waals surface area contributed by atoms with Crippen molar-refractivity contribution in [2.45, 2.75) is 32.2 Å². The Morgan fingerprint density at radius 2 is 1.88 bits per heavy atom. The molecule has 1 fully saturated rings. The first kappa shape index (κ1) is 12.4. The molecule has 0 saturated heterocycles. The maximum atomic E-state index is 13.6. The third kappa shape index (κ3) is 2.18. The highest BCUT2D eigenvalue weighted by molar-refractivity contribution is 5.24. The molecule has 1 saturated carbocycles. The molecule has 1 aromatic rings. The van der Waals surface area contributed by atoms with Crippen LogP contribution in [0, 0.1) is 29.3 Å². The van der Waals surface area contributed by atoms with Crippen LogP contribution in [0.5, 0.6) is 0 Å². The zero-order valence-electron chi connectivity index (χ0n) is 9.72. The van der Waals surface area contributed by atoms with E-state index in [0.29, 0.717) is 5.92 Å². The Labute approximate surface area is 98.8 Å². The lowest BCUT2D eigenvalue weighted by Gasteiger charge is -2.24. The highest BCUT2D eigenvalue weighted by Gasteiger charge is 2.31. The van der Waals surface area contributed by atoms with E-state index in [0.717, 1.165) is 25.3 Å². The van der Waals surface area contributed by atoms with Crippen molar-refractivity contribution in [3.8, 4) is 0 Å². The quantitative estimate of drug-likeness (QED) is 0.790. The molecular weight excluding hydrogens is 227 g/mol. The van der Waals surface area contributed by atoms with Crippen LogP contribution in [0.25, 0.3) is 0 Å². The average Bonchev–Trinajstić information content (AvgIpc) is 2.72. The standard InChI is InChI=1S/C13H16F3N/c1-7-3-2-4-8(7)13(17)9-5-6-10(14)12(16)11(9)15/h5-8,13H,2-4,17H2,1H3. The van der Waals surface area contributed by atoms with Gasteiger partial charge in [0.25, 0.3) is 0 Å². The van der Waals surface area contributed by atoms with Gasteiger partial charge in [0.15, 0.2) is 17.5 Å². The summed E-state index contributed by atoms with van der Waals surface area (Å²) < 4.78 is 39.5. The second-order valence-corrected chi connectivity index (χ2v) is 4.86. The number of hydrogen-bond donors (Lipinski definition) is 1. The molecule has 94 valence electrons. The first-order chi connectivity index (χ1) is 8.02. The number of hydrogen-bond acceptors (Lipinski definition) is 1. The van der Waals surface area contributed by atoms with Gasteiger partial charge < -0.3 is 5.73 Å². The molecule has 1 aliphatic rings. The Balaban J connectivity index is 2.31. The van der Waals surface area contributed by atoms with E-state index in [1.807, 2.05) is 0 Å². The van der Waals surface area contributed by atoms with Crippen molar-refractivity contribution in [3.05, 3.63) is 35.1 Å². The van der Waals surface area contributed by atoms with Gasteiger partial charge in [-0.25, -0.2) is 13.2 Å². The van der Waals surface area contributed by atoms with Gasteiger partial charge in [-0.2, -0.15) is 0 Å². The zero-order chi connectivity index (χ0) is 12.6. The number of nitrogens with two attached hydrogens (primary N) is 1. The largest absolute Gasteiger partial charge is 0.324 e. The summed E-state index contributed by atoms with van der Waals surface area (Å²) in [5, 5.41) is 0. The average molecular weight is 243 g/mol. The lowest BCUT2D eigenvalue weighted by atomic mass is 9.86. The van der Waals surface area contributed by atoms with Crippen molar-refractivity contribution in [3.63, 3.8) is 0 Å². The van der Waals surface area contributed by atoms with Crippen molar-refractivity contribution in [2.75, 3.05) is 0 Å². The molecule has 0 spiro atoms. The van der Waals surface area contributed by atoms with Gasteiger partial charge in [0.2, 0.25) is 0 Å². The maximum Gasteiger partial charge on any atom is 0.194 e. The molecule has 4 heteroatoms. The molecule has 3 atom stereocenters. The van der Waals surface area contributed by atoms with Gasteiger partial charge in [-0.3, -0.25) is 0 Å². The predicted octanol–water partition coefficient (Wildman–Crippen LogP) is 3.54. The third-order valence-corrected chi connectivity index (χ3v) is 3.81. The van der Waals surface area contributed by atoms with Crippen LogP contribution in [0.15, 0.2) is 12.1 Å². The molecule has 1 aliphatic carbocycles. The van der Waals surface area contributed by atoms with Gasteiger partial charge >= 0.3 is 0 Å². The van der Waals surface area contributed by atoms with Crippen molar-refractivity contribution in [2.24, 2.45) is 17.6 Å². The van der Waals surface area contributed by atoms with Crippen molar-refractivity contribution in [1.82, 2.24) is 0 Å². The molecule has 2 rings (SSSR count). The van der Waals surface area contributed by atoms with Crippen LogP contribution in [0.3, 0.4) is 0 Å². The minimum Gasteiger partial charge on any atom is -0.324 e. The molecule has 3 unspecified atom stereocenters. The Morgan fingerprint density at radius 1 is 1.18 bits per heavy atom. The van der Waals surface area contributed by atoms with Gasteiger partial charge in [-0.15, -0.1) is 0 Å². The van der Waals surface area contributed by atoms with Gasteiger partial charge in [-0.1, -0.05) is 25.8 Å². The van der Waals surface area contributed by atoms with Crippen LogP contribution < -0.4 is 5.73 Å². The van der Waals surface area contributed by atoms with Crippen molar-refractivity contribution < 1.29 is 13.2 Å². The summed E-state index contributed by atoms with van der Waals surface area (Å²) in [5.41, 5.74) is 6.07. The fraction of sp³-hybridized carbons (Fsp3) is 0.538. The van der Waals surface area contributed by atoms with Gasteiger partial charge in [-0.05, 0) is 24.3 Å². The number of rotatable bonds is 2. The van der Waals surface area contributed by atoms with Crippen LogP contribution in [0.4, 0.5) is 13.2 Å². The summed E-state index contributed by atoms with van der Waals surface area (Å²) in [4.78, 5) is 0. The van der Waals surface area contributed by atoms with E-state index in [1.165, 1.54) is 6.07 Å². The normalized spacial score (nSPS) is 26.2. The molecule has 17 heavy (non-hydrogen) atoms. The fourth-order valence-electron chi connectivity index (χ4n) is 2.74. The Hall–Kier alpha value is -1.03. The molecule has 0 aliphatic heterocycles. The van der Waals surface area contributed by atoms with Gasteiger partial charge in [0, 0.05) is 11.6 Å². The summed E-state index contributed by atoms with van der Waals surface area (Å²) in [7, 11) is 0. The van der Waals surface area contributed by atoms with E-state index in [1.54, 1.807) is 0 Å². The molecule has 0 heterocycles. The Morgan fingerprint density at radius 3 is 2.47 bits per heavy atom. The second kappa shape index (κ2) is 4.69. The van der Waals surface area contributed by atoms with Crippen LogP contribution in [-0.4, -0.2) is 0 Å². The summed E-state index contributed by atoms with van der Waals surface area (Å²) in [6, 6.07) is 1.64. The summed E-state index contributed by atoms with van der Waals surface area (Å²) in [6.07, 6.45) is 3.04. The lowest BCUT2D eigenvalue weighted by molar-refractivity contribution is 0.337. The Bertz CT molecular complexity index is 419. The topological polar surface area (TPSA) is 26.0 Å². The van der Waals surface area contributed by atoms with Crippen LogP contribution in [0.2, 0.25) is 0 Å². The molecule has 0 bridgehead atoms. The van der Waals surface area contributed by atoms with Crippen LogP contribution in [-0.2, 0) is 0 Å². The first-order valence-electron chi connectivity index (χ1n) is 5.91. The maximum absolute atomic E-state index is 13.6. The van der Waals surface area contributed by atoms with E-state index < -0.39 is 23.5 Å². The van der Waals surface area contributed by atoms with Crippen LogP contribution in [0.1, 0.15) is 37.8 Å². The molecule has 0 radical (unpaired) electrons. The summed E-state index contributed by atoms with van der Waals surface area (Å²) in [6.45, 7) is 2.06. The molecule has 0 aromatic heterocycles. The first-order valence-corrected chi connectivity index (χ1v) is 5.91. The van der Waals surface area contributed by atoms with E-state index in [9.17, 15) is 13.2 Å². The highest BCUT2D eigenvalue weighted by atomic mass is 19.2.